The Morgan fingerprint density at radius 2 is 1.91 bits per heavy atom. The quantitative estimate of drug-likeness (QED) is 0.895. The van der Waals surface area contributed by atoms with Gasteiger partial charge in [0.05, 0.1) is 6.04 Å². The number of carbonyl (C=O) groups is 1. The molecular weight excluding hydrogens is 276 g/mol. The molecule has 1 fully saturated rings. The zero-order valence-electron chi connectivity index (χ0n) is 14.2. The van der Waals surface area contributed by atoms with Gasteiger partial charge in [-0.15, -0.1) is 0 Å². The Balaban J connectivity index is 2.19. The number of hydrogen-bond donors (Lipinski definition) is 2. The molecule has 22 heavy (non-hydrogen) atoms. The second-order valence-corrected chi connectivity index (χ2v) is 7.72. The number of alkyl carbamates (subject to hydrolysis) is 1. The third kappa shape index (κ3) is 3.61. The number of rotatable bonds is 4. The number of carbonyl (C=O) groups excluding carboxylic acids is 1. The second kappa shape index (κ2) is 5.92. The lowest BCUT2D eigenvalue weighted by Crippen LogP contribution is -2.36. The van der Waals surface area contributed by atoms with E-state index in [9.17, 15) is 4.79 Å². The summed E-state index contributed by atoms with van der Waals surface area (Å²) in [6, 6.07) is 9.98. The van der Waals surface area contributed by atoms with Crippen LogP contribution in [0, 0.1) is 17.3 Å². The van der Waals surface area contributed by atoms with Crippen LogP contribution in [-0.2, 0) is 4.74 Å². The van der Waals surface area contributed by atoms with Crippen molar-refractivity contribution in [2.75, 3.05) is 6.54 Å². The minimum atomic E-state index is -0.502. The van der Waals surface area contributed by atoms with Gasteiger partial charge in [0.15, 0.2) is 0 Å². The van der Waals surface area contributed by atoms with Crippen LogP contribution < -0.4 is 11.1 Å². The predicted octanol–water partition coefficient (Wildman–Crippen LogP) is 3.48. The Kier molecular flexibility index (Phi) is 4.52. The Morgan fingerprint density at radius 3 is 2.36 bits per heavy atom. The van der Waals surface area contributed by atoms with Gasteiger partial charge in [-0.1, -0.05) is 44.2 Å². The minimum absolute atomic E-state index is 0.0698. The highest BCUT2D eigenvalue weighted by molar-refractivity contribution is 5.68. The first kappa shape index (κ1) is 16.8. The first-order valence-electron chi connectivity index (χ1n) is 7.91. The zero-order chi connectivity index (χ0) is 16.5. The van der Waals surface area contributed by atoms with Gasteiger partial charge in [-0.05, 0) is 50.1 Å². The van der Waals surface area contributed by atoms with E-state index in [1.54, 1.807) is 0 Å². The molecule has 0 spiro atoms. The summed E-state index contributed by atoms with van der Waals surface area (Å²) in [5.74, 6) is 0.736. The van der Waals surface area contributed by atoms with Gasteiger partial charge < -0.3 is 15.8 Å². The Morgan fingerprint density at radius 1 is 1.32 bits per heavy atom. The van der Waals surface area contributed by atoms with Gasteiger partial charge in [0.2, 0.25) is 0 Å². The normalized spacial score (nSPS) is 24.5. The maximum Gasteiger partial charge on any atom is 0.408 e. The van der Waals surface area contributed by atoms with E-state index in [0.717, 1.165) is 5.56 Å². The number of hydrogen-bond acceptors (Lipinski definition) is 3. The molecule has 1 aliphatic carbocycles. The molecule has 1 aliphatic rings. The van der Waals surface area contributed by atoms with Crippen LogP contribution in [0.15, 0.2) is 30.3 Å². The number of benzene rings is 1. The molecule has 0 saturated heterocycles. The summed E-state index contributed by atoms with van der Waals surface area (Å²) in [6.07, 6.45) is -0.375. The van der Waals surface area contributed by atoms with Crippen molar-refractivity contribution in [3.05, 3.63) is 35.9 Å². The standard InChI is InChI=1S/C18H28N2O2/c1-17(2,3)22-16(21)20-15(12-9-7-6-8-10-12)14-13(11-19)18(14,4)5/h6-10,13-15H,11,19H2,1-5H3,(H,20,21). The van der Waals surface area contributed by atoms with Crippen molar-refractivity contribution in [3.63, 3.8) is 0 Å². The molecule has 2 rings (SSSR count). The van der Waals surface area contributed by atoms with E-state index in [1.165, 1.54) is 0 Å². The second-order valence-electron chi connectivity index (χ2n) is 7.72. The number of ether oxygens (including phenoxy) is 1. The van der Waals surface area contributed by atoms with E-state index in [2.05, 4.69) is 19.2 Å². The SMILES string of the molecule is CC(C)(C)OC(=O)NC(c1ccccc1)C1C(CN)C1(C)C. The largest absolute Gasteiger partial charge is 0.444 e. The first-order chi connectivity index (χ1) is 10.2. The Hall–Kier alpha value is -1.55. The summed E-state index contributed by atoms with van der Waals surface area (Å²) < 4.78 is 5.42. The lowest BCUT2D eigenvalue weighted by Gasteiger charge is -2.25. The summed E-state index contributed by atoms with van der Waals surface area (Å²) in [4.78, 5) is 12.2. The number of amides is 1. The van der Waals surface area contributed by atoms with Gasteiger partial charge in [0.25, 0.3) is 0 Å². The van der Waals surface area contributed by atoms with E-state index >= 15 is 0 Å². The summed E-state index contributed by atoms with van der Waals surface area (Å²) in [5.41, 5.74) is 6.63. The molecule has 1 saturated carbocycles. The van der Waals surface area contributed by atoms with Gasteiger partial charge >= 0.3 is 6.09 Å². The van der Waals surface area contributed by atoms with Crippen LogP contribution in [-0.4, -0.2) is 18.2 Å². The van der Waals surface area contributed by atoms with Crippen molar-refractivity contribution >= 4 is 6.09 Å². The highest BCUT2D eigenvalue weighted by Gasteiger charge is 2.60. The van der Waals surface area contributed by atoms with Gasteiger partial charge in [-0.25, -0.2) is 4.79 Å². The van der Waals surface area contributed by atoms with Crippen LogP contribution in [0.25, 0.3) is 0 Å². The van der Waals surface area contributed by atoms with Crippen LogP contribution in [0.5, 0.6) is 0 Å². The van der Waals surface area contributed by atoms with E-state index < -0.39 is 5.60 Å². The summed E-state index contributed by atoms with van der Waals surface area (Å²) >= 11 is 0. The maximum absolute atomic E-state index is 12.2. The van der Waals surface area contributed by atoms with Crippen LogP contribution >= 0.6 is 0 Å². The monoisotopic (exact) mass is 304 g/mol. The van der Waals surface area contributed by atoms with Crippen LogP contribution in [0.3, 0.4) is 0 Å². The molecule has 1 aromatic carbocycles. The van der Waals surface area contributed by atoms with E-state index in [1.807, 2.05) is 51.1 Å². The van der Waals surface area contributed by atoms with Crippen molar-refractivity contribution in [2.45, 2.75) is 46.3 Å². The number of nitrogens with two attached hydrogens (primary N) is 1. The molecule has 1 aromatic rings. The topological polar surface area (TPSA) is 64.3 Å². The molecule has 3 atom stereocenters. The minimum Gasteiger partial charge on any atom is -0.444 e. The first-order valence-corrected chi connectivity index (χ1v) is 7.91. The van der Waals surface area contributed by atoms with Crippen LogP contribution in [0.4, 0.5) is 4.79 Å². The fraction of sp³-hybridized carbons (Fsp3) is 0.611. The Bertz CT molecular complexity index is 520. The molecule has 3 N–H and O–H groups in total. The molecule has 0 aliphatic heterocycles. The van der Waals surface area contributed by atoms with Gasteiger partial charge in [0.1, 0.15) is 5.60 Å². The average molecular weight is 304 g/mol. The third-order valence-electron chi connectivity index (χ3n) is 4.58. The highest BCUT2D eigenvalue weighted by Crippen LogP contribution is 2.62. The molecule has 0 aromatic heterocycles. The summed E-state index contributed by atoms with van der Waals surface area (Å²) in [7, 11) is 0. The van der Waals surface area contributed by atoms with E-state index in [-0.39, 0.29) is 17.6 Å². The van der Waals surface area contributed by atoms with Crippen molar-refractivity contribution in [1.82, 2.24) is 5.32 Å². The smallest absolute Gasteiger partial charge is 0.408 e. The average Bonchev–Trinajstić information content (AvgIpc) is 2.96. The lowest BCUT2D eigenvalue weighted by molar-refractivity contribution is 0.0493. The van der Waals surface area contributed by atoms with Gasteiger partial charge in [-0.2, -0.15) is 0 Å². The van der Waals surface area contributed by atoms with Crippen molar-refractivity contribution in [1.29, 1.82) is 0 Å². The Labute approximate surface area is 133 Å². The maximum atomic E-state index is 12.2. The molecule has 122 valence electrons. The lowest BCUT2D eigenvalue weighted by atomic mass is 9.97. The van der Waals surface area contributed by atoms with Crippen molar-refractivity contribution in [2.24, 2.45) is 23.0 Å². The van der Waals surface area contributed by atoms with Crippen LogP contribution in [0.1, 0.15) is 46.2 Å². The zero-order valence-corrected chi connectivity index (χ0v) is 14.2. The van der Waals surface area contributed by atoms with Crippen LogP contribution in [0.2, 0.25) is 0 Å². The number of nitrogens with one attached hydrogen (secondary N) is 1. The van der Waals surface area contributed by atoms with Gasteiger partial charge in [0, 0.05) is 0 Å². The highest BCUT2D eigenvalue weighted by atomic mass is 16.6. The fourth-order valence-corrected chi connectivity index (χ4v) is 3.37. The van der Waals surface area contributed by atoms with Gasteiger partial charge in [-0.3, -0.25) is 0 Å². The summed E-state index contributed by atoms with van der Waals surface area (Å²) in [5, 5.41) is 3.06. The van der Waals surface area contributed by atoms with Crippen molar-refractivity contribution < 1.29 is 9.53 Å². The molecule has 0 heterocycles. The molecule has 0 radical (unpaired) electrons. The molecule has 0 bridgehead atoms. The van der Waals surface area contributed by atoms with Crippen molar-refractivity contribution in [3.8, 4) is 0 Å². The summed E-state index contributed by atoms with van der Waals surface area (Å²) in [6.45, 7) is 10.7. The van der Waals surface area contributed by atoms with E-state index in [0.29, 0.717) is 18.4 Å². The molecule has 3 unspecified atom stereocenters. The molecule has 1 amide bonds. The van der Waals surface area contributed by atoms with E-state index in [4.69, 9.17) is 10.5 Å². The molecule has 4 heteroatoms. The predicted molar refractivity (Wildman–Crippen MR) is 88.4 cm³/mol. The molecular formula is C18H28N2O2. The fourth-order valence-electron chi connectivity index (χ4n) is 3.37. The molecule has 4 nitrogen and oxygen atoms in total. The third-order valence-corrected chi connectivity index (χ3v) is 4.58.